The highest BCUT2D eigenvalue weighted by molar-refractivity contribution is 6.11. The first-order valence-electron chi connectivity index (χ1n) is 22.5. The van der Waals surface area contributed by atoms with Gasteiger partial charge in [0.25, 0.3) is 0 Å². The molecule has 0 amide bonds. The number of fused-ring (bicyclic) bond motifs is 14. The quantitative estimate of drug-likeness (QED) is 0.173. The van der Waals surface area contributed by atoms with Crippen molar-refractivity contribution in [3.8, 4) is 78.7 Å². The Morgan fingerprint density at radius 2 is 0.788 bits per heavy atom. The van der Waals surface area contributed by atoms with Crippen molar-refractivity contribution >= 4 is 32.7 Å². The smallest absolute Gasteiger partial charge is 0.164 e. The van der Waals surface area contributed by atoms with Crippen molar-refractivity contribution in [1.29, 1.82) is 0 Å². The van der Waals surface area contributed by atoms with Gasteiger partial charge >= 0.3 is 0 Å². The summed E-state index contributed by atoms with van der Waals surface area (Å²) < 4.78 is 6.78. The molecule has 0 bridgehead atoms. The lowest BCUT2D eigenvalue weighted by Crippen LogP contribution is -2.25. The van der Waals surface area contributed by atoms with Gasteiger partial charge in [-0.3, -0.25) is 0 Å². The minimum atomic E-state index is -0.492. The number of nitrogens with zero attached hydrogens (tertiary/aromatic N) is 3. The Balaban J connectivity index is 1.01. The predicted molar refractivity (Wildman–Crippen MR) is 268 cm³/mol. The van der Waals surface area contributed by atoms with Crippen LogP contribution in [0.25, 0.3) is 111 Å². The summed E-state index contributed by atoms with van der Waals surface area (Å²) in [5.41, 5.74) is 18.8. The predicted octanol–water partition coefficient (Wildman–Crippen LogP) is 15.6. The van der Waals surface area contributed by atoms with Crippen molar-refractivity contribution in [2.24, 2.45) is 0 Å². The zero-order chi connectivity index (χ0) is 43.3. The van der Waals surface area contributed by atoms with Crippen LogP contribution in [0.4, 0.5) is 0 Å². The fraction of sp³-hybridized carbons (Fsp3) is 0.0161. The molecule has 2 aliphatic rings. The average molecular weight is 840 g/mol. The molecule has 0 fully saturated rings. The first kappa shape index (κ1) is 36.7. The molecule has 306 valence electrons. The molecule has 10 aromatic carbocycles. The third kappa shape index (κ3) is 5.24. The second-order valence-electron chi connectivity index (χ2n) is 17.4. The van der Waals surface area contributed by atoms with Gasteiger partial charge in [0.2, 0.25) is 0 Å². The highest BCUT2D eigenvalue weighted by Gasteiger charge is 2.51. The average Bonchev–Trinajstić information content (AvgIpc) is 4.02. The Kier molecular flexibility index (Phi) is 7.87. The van der Waals surface area contributed by atoms with E-state index in [0.717, 1.165) is 71.7 Å². The zero-order valence-electron chi connectivity index (χ0n) is 35.6. The lowest BCUT2D eigenvalue weighted by molar-refractivity contribution is 0.670. The molecule has 0 saturated carbocycles. The van der Waals surface area contributed by atoms with Crippen molar-refractivity contribution in [2.45, 2.75) is 5.41 Å². The number of benzene rings is 10. The topological polar surface area (TPSA) is 51.8 Å². The summed E-state index contributed by atoms with van der Waals surface area (Å²) in [5, 5.41) is 4.45. The van der Waals surface area contributed by atoms with Crippen LogP contribution in [0.3, 0.4) is 0 Å². The third-order valence-electron chi connectivity index (χ3n) is 14.0. The molecule has 4 nitrogen and oxygen atoms in total. The molecular formula is C62H37N3O. The van der Waals surface area contributed by atoms with Crippen LogP contribution in [-0.2, 0) is 5.41 Å². The largest absolute Gasteiger partial charge is 0.455 e. The molecular weight excluding hydrogens is 803 g/mol. The zero-order valence-corrected chi connectivity index (χ0v) is 35.6. The molecule has 0 N–H and O–H groups in total. The summed E-state index contributed by atoms with van der Waals surface area (Å²) in [6.07, 6.45) is 0. The summed E-state index contributed by atoms with van der Waals surface area (Å²) in [6.45, 7) is 0. The Morgan fingerprint density at radius 3 is 1.52 bits per heavy atom. The van der Waals surface area contributed by atoms with E-state index < -0.39 is 5.41 Å². The summed E-state index contributed by atoms with van der Waals surface area (Å²) in [7, 11) is 0. The van der Waals surface area contributed by atoms with Crippen molar-refractivity contribution in [3.05, 3.63) is 247 Å². The Morgan fingerprint density at radius 1 is 0.288 bits per heavy atom. The highest BCUT2D eigenvalue weighted by Crippen LogP contribution is 2.64. The molecule has 2 heterocycles. The monoisotopic (exact) mass is 839 g/mol. The third-order valence-corrected chi connectivity index (χ3v) is 14.0. The maximum absolute atomic E-state index is 6.78. The van der Waals surface area contributed by atoms with Crippen LogP contribution in [0.1, 0.15) is 22.3 Å². The Hall–Kier alpha value is -8.73. The Bertz CT molecular complexity index is 3890. The van der Waals surface area contributed by atoms with Gasteiger partial charge in [0, 0.05) is 33.0 Å². The molecule has 0 radical (unpaired) electrons. The first-order valence-corrected chi connectivity index (χ1v) is 22.5. The van der Waals surface area contributed by atoms with Gasteiger partial charge in [0.05, 0.1) is 5.41 Å². The standard InChI is InChI=1S/C62H37N3O/c1-2-17-40(18-3-1)59-63-60(65-61(64-59)49-27-14-19-38-16-4-5-20-42(38)49)41-34-32-39(33-35-41)50-37-56-52(36-51(50)48-26-15-25-47-46-24-9-13-31-57(46)66-58(47)48)45-23-8-12-30-55(45)62(56)53-28-10-6-21-43(53)44-22-7-11-29-54(44)62/h1-37H. The van der Waals surface area contributed by atoms with Gasteiger partial charge in [-0.15, -0.1) is 0 Å². The molecule has 0 aliphatic heterocycles. The molecule has 4 heteroatoms. The summed E-state index contributed by atoms with van der Waals surface area (Å²) >= 11 is 0. The first-order chi connectivity index (χ1) is 32.7. The number of rotatable bonds is 5. The number of hydrogen-bond donors (Lipinski definition) is 0. The second-order valence-corrected chi connectivity index (χ2v) is 17.4. The van der Waals surface area contributed by atoms with Crippen molar-refractivity contribution in [3.63, 3.8) is 0 Å². The minimum Gasteiger partial charge on any atom is -0.455 e. The van der Waals surface area contributed by atoms with E-state index in [2.05, 4.69) is 200 Å². The lowest BCUT2D eigenvalue weighted by Gasteiger charge is -2.31. The van der Waals surface area contributed by atoms with Gasteiger partial charge in [-0.2, -0.15) is 0 Å². The fourth-order valence-electron chi connectivity index (χ4n) is 11.1. The molecule has 2 aromatic heterocycles. The number of furan rings is 1. The van der Waals surface area contributed by atoms with Crippen LogP contribution in [0.2, 0.25) is 0 Å². The molecule has 0 saturated heterocycles. The molecule has 2 aliphatic carbocycles. The van der Waals surface area contributed by atoms with E-state index in [1.165, 1.54) is 44.5 Å². The van der Waals surface area contributed by atoms with Gasteiger partial charge in [-0.25, -0.2) is 15.0 Å². The second kappa shape index (κ2) is 14.1. The minimum absolute atomic E-state index is 0.492. The summed E-state index contributed by atoms with van der Waals surface area (Å²) in [6, 6.07) is 80.5. The highest BCUT2D eigenvalue weighted by atomic mass is 16.3. The van der Waals surface area contributed by atoms with E-state index in [-0.39, 0.29) is 0 Å². The summed E-state index contributed by atoms with van der Waals surface area (Å²) in [5.74, 6) is 1.89. The normalized spacial score (nSPS) is 13.0. The van der Waals surface area contributed by atoms with Crippen molar-refractivity contribution in [1.82, 2.24) is 15.0 Å². The number of hydrogen-bond acceptors (Lipinski definition) is 4. The lowest BCUT2D eigenvalue weighted by atomic mass is 9.70. The van der Waals surface area contributed by atoms with Crippen LogP contribution in [0, 0.1) is 0 Å². The molecule has 12 aromatic rings. The van der Waals surface area contributed by atoms with Crippen molar-refractivity contribution in [2.75, 3.05) is 0 Å². The van der Waals surface area contributed by atoms with Crippen molar-refractivity contribution < 1.29 is 4.42 Å². The maximum Gasteiger partial charge on any atom is 0.164 e. The van der Waals surface area contributed by atoms with Gasteiger partial charge in [0.1, 0.15) is 11.2 Å². The van der Waals surface area contributed by atoms with Gasteiger partial charge in [0.15, 0.2) is 17.5 Å². The van der Waals surface area contributed by atoms with Crippen LogP contribution in [0.15, 0.2) is 229 Å². The van der Waals surface area contributed by atoms with Crippen LogP contribution < -0.4 is 0 Å². The number of aromatic nitrogens is 3. The maximum atomic E-state index is 6.78. The van der Waals surface area contributed by atoms with E-state index in [0.29, 0.717) is 17.5 Å². The molecule has 1 spiro atoms. The van der Waals surface area contributed by atoms with Gasteiger partial charge < -0.3 is 4.42 Å². The SMILES string of the molecule is c1ccc(-c2nc(-c3ccc(-c4cc5c(cc4-c4cccc6c4oc4ccccc46)-c4ccccc4C54c5ccccc5-c5ccccc54)cc3)nc(-c3cccc4ccccc34)n2)cc1. The van der Waals surface area contributed by atoms with Gasteiger partial charge in [-0.1, -0.05) is 206 Å². The van der Waals surface area contributed by atoms with E-state index >= 15 is 0 Å². The fourth-order valence-corrected chi connectivity index (χ4v) is 11.1. The van der Waals surface area contributed by atoms with Crippen LogP contribution in [-0.4, -0.2) is 15.0 Å². The number of para-hydroxylation sites is 2. The van der Waals surface area contributed by atoms with Crippen LogP contribution in [0.5, 0.6) is 0 Å². The van der Waals surface area contributed by atoms with E-state index in [1.54, 1.807) is 0 Å². The van der Waals surface area contributed by atoms with E-state index in [4.69, 9.17) is 19.4 Å². The molecule has 0 atom stereocenters. The Labute approximate surface area is 381 Å². The summed E-state index contributed by atoms with van der Waals surface area (Å²) in [4.78, 5) is 15.4. The van der Waals surface area contributed by atoms with Crippen LogP contribution >= 0.6 is 0 Å². The van der Waals surface area contributed by atoms with E-state index in [9.17, 15) is 0 Å². The van der Waals surface area contributed by atoms with Gasteiger partial charge in [-0.05, 0) is 90.2 Å². The molecule has 0 unspecified atom stereocenters. The molecule has 66 heavy (non-hydrogen) atoms. The van der Waals surface area contributed by atoms with E-state index in [1.807, 2.05) is 24.3 Å². The molecule has 14 rings (SSSR count).